The van der Waals surface area contributed by atoms with Gasteiger partial charge >= 0.3 is 5.97 Å². The van der Waals surface area contributed by atoms with Crippen LogP contribution in [0.4, 0.5) is 4.39 Å². The molecule has 1 N–H and O–H groups in total. The molecule has 2 aliphatic rings. The molecular formula is C20H13FN4O5S2. The van der Waals surface area contributed by atoms with Crippen LogP contribution in [0.5, 0.6) is 5.75 Å². The second-order valence-corrected chi connectivity index (χ2v) is 9.26. The summed E-state index contributed by atoms with van der Waals surface area (Å²) in [5.74, 6) is -2.50. The molecule has 0 fully saturated rings. The van der Waals surface area contributed by atoms with Gasteiger partial charge in [0, 0.05) is 6.26 Å². The van der Waals surface area contributed by atoms with Crippen LogP contribution < -0.4 is 4.74 Å². The molecule has 2 aromatic rings. The molecule has 0 saturated carbocycles. The highest BCUT2D eigenvalue weighted by Crippen LogP contribution is 2.29. The molecule has 0 unspecified atom stereocenters. The average Bonchev–Trinajstić information content (AvgIpc) is 3.17. The molecule has 2 heterocycles. The number of benzene rings is 2. The maximum absolute atomic E-state index is 13.7. The standard InChI is InChI=1S/C20H13FN4O5S2/c1-32(28,29)20-24-31-19-23-17(26)14(16(22)25(19)20)10-11-6-8-12(9-7-11)30-18(27)13-4-2-3-5-15(13)21/h2-10,22H,1H3/b14-10-,22-16?. The van der Waals surface area contributed by atoms with Crippen LogP contribution in [0.15, 0.2) is 63.5 Å². The summed E-state index contributed by atoms with van der Waals surface area (Å²) in [6.45, 7) is 0. The van der Waals surface area contributed by atoms with Gasteiger partial charge in [-0.2, -0.15) is 9.39 Å². The van der Waals surface area contributed by atoms with Crippen LogP contribution >= 0.6 is 11.9 Å². The van der Waals surface area contributed by atoms with Crippen LogP contribution in [0.25, 0.3) is 6.08 Å². The predicted molar refractivity (Wildman–Crippen MR) is 118 cm³/mol. The smallest absolute Gasteiger partial charge is 0.346 e. The number of carbonyl (C=O) groups excluding carboxylic acids is 2. The summed E-state index contributed by atoms with van der Waals surface area (Å²) in [6, 6.07) is 11.3. The van der Waals surface area contributed by atoms with Gasteiger partial charge in [0.05, 0.1) is 23.1 Å². The fourth-order valence-electron chi connectivity index (χ4n) is 2.83. The summed E-state index contributed by atoms with van der Waals surface area (Å²) >= 11 is 0.705. The maximum atomic E-state index is 13.7. The second kappa shape index (κ2) is 8.13. The van der Waals surface area contributed by atoms with Crippen LogP contribution in [0, 0.1) is 11.2 Å². The highest BCUT2D eigenvalue weighted by Gasteiger charge is 2.41. The zero-order chi connectivity index (χ0) is 23.0. The molecule has 0 spiro atoms. The number of nitrogens with one attached hydrogen (secondary N) is 1. The van der Waals surface area contributed by atoms with E-state index in [9.17, 15) is 22.4 Å². The van der Waals surface area contributed by atoms with Gasteiger partial charge in [0.2, 0.25) is 20.2 Å². The van der Waals surface area contributed by atoms with Gasteiger partial charge in [-0.3, -0.25) is 10.2 Å². The Labute approximate surface area is 185 Å². The Morgan fingerprint density at radius 2 is 1.88 bits per heavy atom. The number of nitrogens with zero attached hydrogens (tertiary/aromatic N) is 3. The number of amidine groups is 3. The number of halogens is 1. The normalized spacial score (nSPS) is 17.2. The van der Waals surface area contributed by atoms with Gasteiger partial charge in [0.25, 0.3) is 5.91 Å². The molecule has 4 rings (SSSR count). The number of rotatable bonds is 3. The van der Waals surface area contributed by atoms with Crippen LogP contribution in [0.1, 0.15) is 15.9 Å². The minimum atomic E-state index is -3.74. The van der Waals surface area contributed by atoms with E-state index < -0.39 is 27.5 Å². The molecule has 2 aromatic carbocycles. The van der Waals surface area contributed by atoms with Crippen molar-refractivity contribution in [1.82, 2.24) is 4.90 Å². The molecule has 0 radical (unpaired) electrons. The van der Waals surface area contributed by atoms with Crippen LogP contribution in [0.3, 0.4) is 0 Å². The largest absolute Gasteiger partial charge is 0.423 e. The first-order valence-corrected chi connectivity index (χ1v) is 11.6. The summed E-state index contributed by atoms with van der Waals surface area (Å²) in [6.07, 6.45) is 2.31. The van der Waals surface area contributed by atoms with Gasteiger partial charge in [0.1, 0.15) is 17.4 Å². The number of esters is 1. The zero-order valence-electron chi connectivity index (χ0n) is 16.3. The topological polar surface area (TPSA) is 129 Å². The lowest BCUT2D eigenvalue weighted by molar-refractivity contribution is -0.114. The average molecular weight is 472 g/mol. The molecule has 0 atom stereocenters. The maximum Gasteiger partial charge on any atom is 0.346 e. The first kappa shape index (κ1) is 21.6. The SMILES string of the molecule is CS(=O)(=O)C1=NSC2=NC(=O)/C(=C\c3ccc(OC(=O)c4ccccc4F)cc3)C(=N)N21. The quantitative estimate of drug-likeness (QED) is 0.315. The molecular weight excluding hydrogens is 459 g/mol. The number of fused-ring (bicyclic) bond motifs is 1. The Balaban J connectivity index is 1.56. The van der Waals surface area contributed by atoms with Crippen molar-refractivity contribution < 1.29 is 27.1 Å². The summed E-state index contributed by atoms with van der Waals surface area (Å²) in [5.41, 5.74) is 0.122. The Kier molecular flexibility index (Phi) is 5.48. The summed E-state index contributed by atoms with van der Waals surface area (Å²) < 4.78 is 46.5. The van der Waals surface area contributed by atoms with Crippen molar-refractivity contribution in [1.29, 1.82) is 5.41 Å². The molecule has 0 saturated heterocycles. The minimum Gasteiger partial charge on any atom is -0.423 e. The lowest BCUT2D eigenvalue weighted by Gasteiger charge is -2.23. The molecule has 0 bridgehead atoms. The molecule has 0 aliphatic carbocycles. The van der Waals surface area contributed by atoms with E-state index in [0.717, 1.165) is 17.2 Å². The van der Waals surface area contributed by atoms with E-state index in [1.54, 1.807) is 0 Å². The van der Waals surface area contributed by atoms with Crippen LogP contribution in [-0.4, -0.2) is 47.6 Å². The summed E-state index contributed by atoms with van der Waals surface area (Å²) in [5, 5.41) is 7.92. The first-order chi connectivity index (χ1) is 15.1. The van der Waals surface area contributed by atoms with E-state index in [1.807, 2.05) is 0 Å². The predicted octanol–water partition coefficient (Wildman–Crippen LogP) is 2.67. The number of sulfone groups is 1. The van der Waals surface area contributed by atoms with E-state index in [-0.39, 0.29) is 33.1 Å². The van der Waals surface area contributed by atoms with E-state index in [2.05, 4.69) is 9.39 Å². The molecule has 2 aliphatic heterocycles. The van der Waals surface area contributed by atoms with E-state index in [1.165, 1.54) is 48.5 Å². The molecule has 162 valence electrons. The van der Waals surface area contributed by atoms with Crippen molar-refractivity contribution in [2.24, 2.45) is 9.39 Å². The second-order valence-electron chi connectivity index (χ2n) is 6.62. The monoisotopic (exact) mass is 472 g/mol. The summed E-state index contributed by atoms with van der Waals surface area (Å²) in [7, 11) is -3.74. The van der Waals surface area contributed by atoms with Gasteiger partial charge in [-0.15, -0.1) is 0 Å². The van der Waals surface area contributed by atoms with Gasteiger partial charge in [-0.25, -0.2) is 22.5 Å². The van der Waals surface area contributed by atoms with Crippen molar-refractivity contribution in [2.75, 3.05) is 6.26 Å². The molecule has 0 aromatic heterocycles. The highest BCUT2D eigenvalue weighted by molar-refractivity contribution is 8.16. The first-order valence-electron chi connectivity index (χ1n) is 8.91. The Hall–Kier alpha value is -3.64. The summed E-state index contributed by atoms with van der Waals surface area (Å²) in [4.78, 5) is 29.3. The number of ether oxygens (including phenoxy) is 1. The van der Waals surface area contributed by atoms with Gasteiger partial charge in [-0.05, 0) is 35.9 Å². The van der Waals surface area contributed by atoms with Crippen molar-refractivity contribution in [3.05, 3.63) is 71.0 Å². The Morgan fingerprint density at radius 1 is 1.19 bits per heavy atom. The number of hydrogen-bond donors (Lipinski definition) is 1. The Bertz CT molecular complexity index is 1360. The lowest BCUT2D eigenvalue weighted by Crippen LogP contribution is -2.45. The molecule has 12 heteroatoms. The molecule has 9 nitrogen and oxygen atoms in total. The lowest BCUT2D eigenvalue weighted by atomic mass is 10.1. The van der Waals surface area contributed by atoms with Gasteiger partial charge in [0.15, 0.2) is 0 Å². The zero-order valence-corrected chi connectivity index (χ0v) is 17.9. The van der Waals surface area contributed by atoms with Gasteiger partial charge in [-0.1, -0.05) is 24.3 Å². The fourth-order valence-corrected chi connectivity index (χ4v) is 4.67. The van der Waals surface area contributed by atoms with Gasteiger partial charge < -0.3 is 4.74 Å². The van der Waals surface area contributed by atoms with Crippen LogP contribution in [-0.2, 0) is 14.6 Å². The molecule has 32 heavy (non-hydrogen) atoms. The molecule has 1 amide bonds. The van der Waals surface area contributed by atoms with E-state index >= 15 is 0 Å². The van der Waals surface area contributed by atoms with E-state index in [4.69, 9.17) is 10.1 Å². The number of amides is 1. The van der Waals surface area contributed by atoms with E-state index in [0.29, 0.717) is 17.5 Å². The highest BCUT2D eigenvalue weighted by atomic mass is 32.2. The number of carbonyl (C=O) groups is 2. The third-order valence-corrected chi connectivity index (χ3v) is 6.08. The fraction of sp³-hybridized carbons (Fsp3) is 0.0500. The van der Waals surface area contributed by atoms with Crippen molar-refractivity contribution in [3.63, 3.8) is 0 Å². The van der Waals surface area contributed by atoms with Crippen LogP contribution in [0.2, 0.25) is 0 Å². The third kappa shape index (κ3) is 4.09. The van der Waals surface area contributed by atoms with Crippen molar-refractivity contribution >= 4 is 55.9 Å². The van der Waals surface area contributed by atoms with Crippen molar-refractivity contribution in [3.8, 4) is 5.75 Å². The number of hydrogen-bond acceptors (Lipinski definition) is 8. The third-order valence-electron chi connectivity index (χ3n) is 4.32. The Morgan fingerprint density at radius 3 is 2.53 bits per heavy atom. The van der Waals surface area contributed by atoms with Crippen molar-refractivity contribution in [2.45, 2.75) is 0 Å². The minimum absolute atomic E-state index is 0.00650. The number of aliphatic imine (C=N–C) groups is 1.